The van der Waals surface area contributed by atoms with Crippen molar-refractivity contribution >= 4 is 86.3 Å². The van der Waals surface area contributed by atoms with Gasteiger partial charge in [0.15, 0.2) is 0 Å². The Kier molecular flexibility index (Phi) is 8.88. The average molecular weight is 736 g/mol. The molecule has 4 rings (SSSR count). The molecule has 0 atom stereocenters. The van der Waals surface area contributed by atoms with Gasteiger partial charge in [-0.1, -0.05) is 6.07 Å². The molecule has 4 aromatic rings. The van der Waals surface area contributed by atoms with E-state index in [1.54, 1.807) is 25.5 Å². The maximum atomic E-state index is 11.0. The number of nitro benzene ring substituents is 1. The number of aromatic nitrogens is 3. The molecule has 0 aliphatic rings. The van der Waals surface area contributed by atoms with Crippen molar-refractivity contribution in [3.8, 4) is 5.75 Å². The fourth-order valence-electron chi connectivity index (χ4n) is 3.33. The van der Waals surface area contributed by atoms with Crippen LogP contribution in [0.1, 0.15) is 16.7 Å². The SMILES string of the molecule is COc1c(I)cc(I)cc1C=NNc1nc(Nc2ccc([N+](=O)[O-])cc2)nc(Nc2ccc(C)c(C)c2)n1. The quantitative estimate of drug-likeness (QED) is 0.0756. The highest BCUT2D eigenvalue weighted by atomic mass is 127. The lowest BCUT2D eigenvalue weighted by Gasteiger charge is -2.11. The summed E-state index contributed by atoms with van der Waals surface area (Å²) in [5.74, 6) is 1.40. The topological polar surface area (TPSA) is 139 Å². The van der Waals surface area contributed by atoms with Crippen LogP contribution in [0.3, 0.4) is 0 Å². The molecular weight excluding hydrogens is 714 g/mol. The van der Waals surface area contributed by atoms with Crippen LogP contribution in [-0.2, 0) is 0 Å². The second kappa shape index (κ2) is 12.3. The normalized spacial score (nSPS) is 10.9. The smallest absolute Gasteiger partial charge is 0.269 e. The van der Waals surface area contributed by atoms with Gasteiger partial charge in [0.05, 0.1) is 21.8 Å². The average Bonchev–Trinajstić information content (AvgIpc) is 2.86. The van der Waals surface area contributed by atoms with Gasteiger partial charge in [-0.3, -0.25) is 10.1 Å². The van der Waals surface area contributed by atoms with Crippen molar-refractivity contribution in [3.05, 3.63) is 88.5 Å². The molecule has 0 amide bonds. The summed E-state index contributed by atoms with van der Waals surface area (Å²) in [4.78, 5) is 23.8. The molecule has 11 nitrogen and oxygen atoms in total. The van der Waals surface area contributed by atoms with E-state index >= 15 is 0 Å². The largest absolute Gasteiger partial charge is 0.495 e. The van der Waals surface area contributed by atoms with Crippen molar-refractivity contribution in [2.45, 2.75) is 13.8 Å². The van der Waals surface area contributed by atoms with Crippen LogP contribution in [0.15, 0.2) is 59.7 Å². The first-order valence-electron chi connectivity index (χ1n) is 11.2. The van der Waals surface area contributed by atoms with Crippen LogP contribution in [-0.4, -0.2) is 33.2 Å². The molecule has 0 saturated carbocycles. The highest BCUT2D eigenvalue weighted by molar-refractivity contribution is 14.1. The molecule has 0 fully saturated rings. The molecule has 1 aromatic heterocycles. The minimum absolute atomic E-state index is 0.0133. The number of aryl methyl sites for hydroxylation is 2. The van der Waals surface area contributed by atoms with Gasteiger partial charge in [-0.05, 0) is 107 Å². The number of ether oxygens (including phenoxy) is 1. The summed E-state index contributed by atoms with van der Waals surface area (Å²) >= 11 is 4.45. The minimum Gasteiger partial charge on any atom is -0.495 e. The Labute approximate surface area is 246 Å². The number of nitro groups is 1. The monoisotopic (exact) mass is 736 g/mol. The van der Waals surface area contributed by atoms with Gasteiger partial charge in [0, 0.05) is 32.6 Å². The summed E-state index contributed by atoms with van der Waals surface area (Å²) in [5, 5.41) is 21.5. The Bertz CT molecular complexity index is 1510. The third-order valence-corrected chi connectivity index (χ3v) is 6.77. The van der Waals surface area contributed by atoms with Gasteiger partial charge in [0.2, 0.25) is 17.8 Å². The number of halogens is 2. The number of rotatable bonds is 9. The van der Waals surface area contributed by atoms with Crippen LogP contribution >= 0.6 is 45.2 Å². The van der Waals surface area contributed by atoms with E-state index in [9.17, 15) is 10.1 Å². The molecule has 0 aliphatic carbocycles. The van der Waals surface area contributed by atoms with E-state index in [0.717, 1.165) is 24.0 Å². The molecule has 0 unspecified atom stereocenters. The summed E-state index contributed by atoms with van der Waals surface area (Å²) < 4.78 is 7.52. The van der Waals surface area contributed by atoms with Gasteiger partial charge in [-0.2, -0.15) is 20.1 Å². The van der Waals surface area contributed by atoms with Crippen LogP contribution < -0.4 is 20.8 Å². The Morgan fingerprint density at radius 1 is 0.895 bits per heavy atom. The second-order valence-corrected chi connectivity index (χ2v) is 10.4. The highest BCUT2D eigenvalue weighted by Crippen LogP contribution is 2.27. The van der Waals surface area contributed by atoms with Gasteiger partial charge < -0.3 is 15.4 Å². The maximum absolute atomic E-state index is 11.0. The second-order valence-electron chi connectivity index (χ2n) is 8.04. The molecular formula is C25H22I2N8O3. The lowest BCUT2D eigenvalue weighted by Crippen LogP contribution is -2.07. The van der Waals surface area contributed by atoms with Gasteiger partial charge in [-0.15, -0.1) is 0 Å². The standard InChI is InChI=1S/C25H22I2N8O3/c1-14-4-5-19(10-15(14)2)30-24-31-23(29-18-6-8-20(9-7-18)35(36)37)32-25(33-24)34-28-13-16-11-17(26)12-21(27)22(16)38-3/h4-13H,1-3H3,(H3,29,30,31,32,33,34). The summed E-state index contributed by atoms with van der Waals surface area (Å²) in [6, 6.07) is 15.9. The third-order valence-electron chi connectivity index (χ3n) is 5.34. The first-order chi connectivity index (χ1) is 18.2. The lowest BCUT2D eigenvalue weighted by atomic mass is 10.1. The molecule has 0 spiro atoms. The number of nitrogens with zero attached hydrogens (tertiary/aromatic N) is 5. The Hall–Kier alpha value is -3.60. The van der Waals surface area contributed by atoms with Crippen molar-refractivity contribution in [1.29, 1.82) is 0 Å². The van der Waals surface area contributed by atoms with Crippen molar-refractivity contribution in [1.82, 2.24) is 15.0 Å². The van der Waals surface area contributed by atoms with Crippen molar-refractivity contribution in [2.24, 2.45) is 5.10 Å². The van der Waals surface area contributed by atoms with Gasteiger partial charge >= 0.3 is 0 Å². The zero-order chi connectivity index (χ0) is 27.2. The van der Waals surface area contributed by atoms with Crippen LogP contribution in [0.2, 0.25) is 0 Å². The molecule has 3 aromatic carbocycles. The van der Waals surface area contributed by atoms with Crippen LogP contribution in [0.4, 0.5) is 34.9 Å². The van der Waals surface area contributed by atoms with E-state index < -0.39 is 4.92 Å². The Balaban J connectivity index is 1.63. The summed E-state index contributed by atoms with van der Waals surface area (Å²) in [6.07, 6.45) is 1.63. The van der Waals surface area contributed by atoms with Gasteiger partial charge in [0.25, 0.3) is 5.69 Å². The number of hydrogen-bond acceptors (Lipinski definition) is 10. The predicted molar refractivity (Wildman–Crippen MR) is 165 cm³/mol. The Morgan fingerprint density at radius 2 is 1.53 bits per heavy atom. The van der Waals surface area contributed by atoms with E-state index in [2.05, 4.69) is 81.3 Å². The summed E-state index contributed by atoms with van der Waals surface area (Å²) in [5.41, 5.74) is 7.32. The maximum Gasteiger partial charge on any atom is 0.269 e. The van der Waals surface area contributed by atoms with Gasteiger partial charge in [-0.25, -0.2) is 5.43 Å². The third kappa shape index (κ3) is 7.03. The fraction of sp³-hybridized carbons (Fsp3) is 0.120. The molecule has 13 heteroatoms. The lowest BCUT2D eigenvalue weighted by molar-refractivity contribution is -0.384. The number of methoxy groups -OCH3 is 1. The van der Waals surface area contributed by atoms with Crippen LogP contribution in [0.5, 0.6) is 5.75 Å². The number of anilines is 5. The van der Waals surface area contributed by atoms with Crippen LogP contribution in [0.25, 0.3) is 0 Å². The molecule has 0 radical (unpaired) electrons. The van der Waals surface area contributed by atoms with E-state index in [1.165, 1.54) is 17.7 Å². The predicted octanol–water partition coefficient (Wildman–Crippen LogP) is 6.55. The number of non-ortho nitro benzene ring substituents is 1. The molecule has 0 bridgehead atoms. The number of nitrogens with one attached hydrogen (secondary N) is 3. The number of hydrogen-bond donors (Lipinski definition) is 3. The summed E-state index contributed by atoms with van der Waals surface area (Å²) in [7, 11) is 1.61. The van der Waals surface area contributed by atoms with Crippen molar-refractivity contribution in [2.75, 3.05) is 23.2 Å². The number of benzene rings is 3. The molecule has 0 saturated heterocycles. The summed E-state index contributed by atoms with van der Waals surface area (Å²) in [6.45, 7) is 4.06. The molecule has 3 N–H and O–H groups in total. The minimum atomic E-state index is -0.456. The first-order valence-corrected chi connectivity index (χ1v) is 13.3. The molecule has 0 aliphatic heterocycles. The van der Waals surface area contributed by atoms with E-state index in [4.69, 9.17) is 4.74 Å². The molecule has 38 heavy (non-hydrogen) atoms. The Morgan fingerprint density at radius 3 is 2.16 bits per heavy atom. The molecule has 1 heterocycles. The zero-order valence-electron chi connectivity index (χ0n) is 20.5. The first kappa shape index (κ1) is 27.4. The zero-order valence-corrected chi connectivity index (χ0v) is 24.8. The van der Waals surface area contributed by atoms with Gasteiger partial charge in [0.1, 0.15) is 5.75 Å². The van der Waals surface area contributed by atoms with Crippen molar-refractivity contribution in [3.63, 3.8) is 0 Å². The molecule has 194 valence electrons. The van der Waals surface area contributed by atoms with E-state index in [-0.39, 0.29) is 23.5 Å². The fourth-order valence-corrected chi connectivity index (χ4v) is 5.44. The highest BCUT2D eigenvalue weighted by Gasteiger charge is 2.11. The number of hydrazone groups is 1. The van der Waals surface area contributed by atoms with Crippen molar-refractivity contribution < 1.29 is 9.66 Å². The van der Waals surface area contributed by atoms with E-state index in [1.807, 2.05) is 44.2 Å². The van der Waals surface area contributed by atoms with E-state index in [0.29, 0.717) is 11.4 Å². The van der Waals surface area contributed by atoms with Crippen LogP contribution in [0, 0.1) is 31.1 Å².